The molecule has 1 aliphatic heterocycles. The normalized spacial score (nSPS) is 22.9. The van der Waals surface area contributed by atoms with E-state index in [1.165, 1.54) is 25.3 Å². The summed E-state index contributed by atoms with van der Waals surface area (Å²) in [6, 6.07) is 4.92. The molecular weight excluding hydrogens is 294 g/mol. The van der Waals surface area contributed by atoms with Gasteiger partial charge >= 0.3 is 0 Å². The van der Waals surface area contributed by atoms with Crippen LogP contribution < -0.4 is 15.8 Å². The van der Waals surface area contributed by atoms with Gasteiger partial charge in [-0.05, 0) is 50.8 Å². The maximum Gasteiger partial charge on any atom is 0.242 e. The van der Waals surface area contributed by atoms with Crippen molar-refractivity contribution in [1.82, 2.24) is 4.72 Å². The Morgan fingerprint density at radius 1 is 1.45 bits per heavy atom. The van der Waals surface area contributed by atoms with Crippen LogP contribution in [0.5, 0.6) is 0 Å². The molecule has 0 radical (unpaired) electrons. The standard InChI is InChI=1S/C13H21N3O2S2/c1-13(6-3-7-19-13)9-16-11-5-4-10(14)8-12(11)20(17,18)15-2/h4-5,8,15-16H,3,6-7,9,14H2,1-2H3. The van der Waals surface area contributed by atoms with Gasteiger partial charge in [-0.1, -0.05) is 0 Å². The van der Waals surface area contributed by atoms with Gasteiger partial charge in [-0.3, -0.25) is 0 Å². The van der Waals surface area contributed by atoms with Gasteiger partial charge in [0.25, 0.3) is 0 Å². The Balaban J connectivity index is 2.23. The summed E-state index contributed by atoms with van der Waals surface area (Å²) in [4.78, 5) is 0.201. The smallest absolute Gasteiger partial charge is 0.242 e. The maximum atomic E-state index is 12.0. The molecule has 2 rings (SSSR count). The molecule has 0 aliphatic carbocycles. The van der Waals surface area contributed by atoms with Crippen LogP contribution in [0.25, 0.3) is 0 Å². The van der Waals surface area contributed by atoms with Crippen LogP contribution in [-0.2, 0) is 10.0 Å². The van der Waals surface area contributed by atoms with Gasteiger partial charge in [0.15, 0.2) is 0 Å². The number of nitrogens with one attached hydrogen (secondary N) is 2. The van der Waals surface area contributed by atoms with Crippen LogP contribution in [-0.4, -0.2) is 32.5 Å². The maximum absolute atomic E-state index is 12.0. The largest absolute Gasteiger partial charge is 0.399 e. The SMILES string of the molecule is CNS(=O)(=O)c1cc(N)ccc1NCC1(C)CCCS1. The summed E-state index contributed by atoms with van der Waals surface area (Å²) in [5.41, 5.74) is 6.73. The van der Waals surface area contributed by atoms with E-state index < -0.39 is 10.0 Å². The molecule has 4 N–H and O–H groups in total. The Morgan fingerprint density at radius 3 is 2.80 bits per heavy atom. The third kappa shape index (κ3) is 3.39. The minimum Gasteiger partial charge on any atom is -0.399 e. The fraction of sp³-hybridized carbons (Fsp3) is 0.538. The average Bonchev–Trinajstić information content (AvgIpc) is 2.84. The third-order valence-corrected chi connectivity index (χ3v) is 6.51. The van der Waals surface area contributed by atoms with Crippen molar-refractivity contribution < 1.29 is 8.42 Å². The zero-order valence-electron chi connectivity index (χ0n) is 11.8. The van der Waals surface area contributed by atoms with Crippen molar-refractivity contribution >= 4 is 33.2 Å². The predicted octanol–water partition coefficient (Wildman–Crippen LogP) is 1.87. The van der Waals surface area contributed by atoms with E-state index in [0.717, 1.165) is 13.0 Å². The fourth-order valence-corrected chi connectivity index (χ4v) is 4.46. The molecule has 0 amide bonds. The Labute approximate surface area is 124 Å². The Morgan fingerprint density at radius 2 is 2.20 bits per heavy atom. The van der Waals surface area contributed by atoms with Gasteiger partial charge in [0, 0.05) is 17.0 Å². The number of benzene rings is 1. The van der Waals surface area contributed by atoms with Crippen molar-refractivity contribution in [2.75, 3.05) is 30.4 Å². The summed E-state index contributed by atoms with van der Waals surface area (Å²) in [6.07, 6.45) is 2.36. The van der Waals surface area contributed by atoms with E-state index in [1.807, 2.05) is 11.8 Å². The van der Waals surface area contributed by atoms with E-state index in [9.17, 15) is 8.42 Å². The molecular formula is C13H21N3O2S2. The van der Waals surface area contributed by atoms with Gasteiger partial charge in [0.05, 0.1) is 5.69 Å². The van der Waals surface area contributed by atoms with E-state index >= 15 is 0 Å². The van der Waals surface area contributed by atoms with E-state index in [1.54, 1.807) is 12.1 Å². The van der Waals surface area contributed by atoms with Crippen molar-refractivity contribution in [3.8, 4) is 0 Å². The number of thioether (sulfide) groups is 1. The number of hydrogen-bond donors (Lipinski definition) is 3. The fourth-order valence-electron chi connectivity index (χ4n) is 2.28. The van der Waals surface area contributed by atoms with Gasteiger partial charge in [-0.2, -0.15) is 11.8 Å². The highest BCUT2D eigenvalue weighted by Gasteiger charge is 2.29. The molecule has 1 fully saturated rings. The zero-order chi connectivity index (χ0) is 14.8. The highest BCUT2D eigenvalue weighted by Crippen LogP contribution is 2.38. The molecule has 1 unspecified atom stereocenters. The molecule has 1 aliphatic rings. The molecule has 0 aromatic heterocycles. The van der Waals surface area contributed by atoms with E-state index in [0.29, 0.717) is 11.4 Å². The molecule has 0 bridgehead atoms. The average molecular weight is 315 g/mol. The Hall–Kier alpha value is -0.920. The first-order chi connectivity index (χ1) is 9.36. The molecule has 1 atom stereocenters. The summed E-state index contributed by atoms with van der Waals surface area (Å²) >= 11 is 1.93. The van der Waals surface area contributed by atoms with Gasteiger partial charge < -0.3 is 11.1 Å². The van der Waals surface area contributed by atoms with Crippen LogP contribution in [0.15, 0.2) is 23.1 Å². The second-order valence-corrected chi connectivity index (χ2v) is 8.76. The summed E-state index contributed by atoms with van der Waals surface area (Å²) in [6.45, 7) is 2.95. The van der Waals surface area contributed by atoms with Crippen LogP contribution in [0.1, 0.15) is 19.8 Å². The minimum atomic E-state index is -3.52. The molecule has 0 saturated carbocycles. The summed E-state index contributed by atoms with van der Waals surface area (Å²) in [5, 5.41) is 3.27. The first-order valence-electron chi connectivity index (χ1n) is 6.57. The first-order valence-corrected chi connectivity index (χ1v) is 9.04. The van der Waals surface area contributed by atoms with Crippen LogP contribution >= 0.6 is 11.8 Å². The van der Waals surface area contributed by atoms with Crippen molar-refractivity contribution in [1.29, 1.82) is 0 Å². The van der Waals surface area contributed by atoms with Crippen LogP contribution in [0.3, 0.4) is 0 Å². The summed E-state index contributed by atoms with van der Waals surface area (Å²) in [5.74, 6) is 1.17. The van der Waals surface area contributed by atoms with Gasteiger partial charge in [-0.25, -0.2) is 13.1 Å². The van der Waals surface area contributed by atoms with Crippen LogP contribution in [0, 0.1) is 0 Å². The number of rotatable bonds is 5. The van der Waals surface area contributed by atoms with Crippen molar-refractivity contribution in [2.24, 2.45) is 0 Å². The number of anilines is 2. The number of sulfonamides is 1. The third-order valence-electron chi connectivity index (χ3n) is 3.52. The monoisotopic (exact) mass is 315 g/mol. The molecule has 5 nitrogen and oxygen atoms in total. The number of hydrogen-bond acceptors (Lipinski definition) is 5. The van der Waals surface area contributed by atoms with E-state index in [2.05, 4.69) is 17.0 Å². The summed E-state index contributed by atoms with van der Waals surface area (Å²) < 4.78 is 26.6. The van der Waals surface area contributed by atoms with Crippen molar-refractivity contribution in [3.63, 3.8) is 0 Å². The lowest BCUT2D eigenvalue weighted by atomic mass is 10.1. The lowest BCUT2D eigenvalue weighted by Crippen LogP contribution is -2.28. The predicted molar refractivity (Wildman–Crippen MR) is 85.7 cm³/mol. The molecule has 1 aromatic carbocycles. The molecule has 0 spiro atoms. The van der Waals surface area contributed by atoms with Gasteiger partial charge in [0.1, 0.15) is 4.90 Å². The second-order valence-electron chi connectivity index (χ2n) is 5.22. The quantitative estimate of drug-likeness (QED) is 0.723. The molecule has 7 heteroatoms. The van der Waals surface area contributed by atoms with Crippen LogP contribution in [0.2, 0.25) is 0 Å². The molecule has 20 heavy (non-hydrogen) atoms. The highest BCUT2D eigenvalue weighted by atomic mass is 32.2. The first kappa shape index (κ1) is 15.5. The molecule has 1 aromatic rings. The van der Waals surface area contributed by atoms with Crippen LogP contribution in [0.4, 0.5) is 11.4 Å². The molecule has 1 heterocycles. The van der Waals surface area contributed by atoms with Gasteiger partial charge in [-0.15, -0.1) is 0 Å². The summed E-state index contributed by atoms with van der Waals surface area (Å²) in [7, 11) is -2.12. The molecule has 112 valence electrons. The Bertz CT molecular complexity index is 581. The topological polar surface area (TPSA) is 84.2 Å². The van der Waals surface area contributed by atoms with Gasteiger partial charge in [0.2, 0.25) is 10.0 Å². The van der Waals surface area contributed by atoms with E-state index in [4.69, 9.17) is 5.73 Å². The van der Waals surface area contributed by atoms with E-state index in [-0.39, 0.29) is 9.64 Å². The number of nitrogens with two attached hydrogens (primary N) is 1. The lowest BCUT2D eigenvalue weighted by molar-refractivity contribution is 0.588. The Kier molecular flexibility index (Phi) is 4.51. The van der Waals surface area contributed by atoms with Crippen molar-refractivity contribution in [2.45, 2.75) is 29.4 Å². The second kappa shape index (κ2) is 5.83. The zero-order valence-corrected chi connectivity index (χ0v) is 13.4. The number of nitrogen functional groups attached to an aromatic ring is 1. The minimum absolute atomic E-state index is 0.169. The molecule has 1 saturated heterocycles. The van der Waals surface area contributed by atoms with Crippen molar-refractivity contribution in [3.05, 3.63) is 18.2 Å². The lowest BCUT2D eigenvalue weighted by Gasteiger charge is -2.24. The highest BCUT2D eigenvalue weighted by molar-refractivity contribution is 8.00.